The molecule has 4 atom stereocenters. The van der Waals surface area contributed by atoms with Gasteiger partial charge in [-0.3, -0.25) is 9.59 Å². The van der Waals surface area contributed by atoms with Gasteiger partial charge < -0.3 is 15.2 Å². The normalized spacial score (nSPS) is 30.9. The Labute approximate surface area is 115 Å². The molecule has 7 heteroatoms. The van der Waals surface area contributed by atoms with Gasteiger partial charge in [0.1, 0.15) is 6.61 Å². The molecule has 2 aliphatic carbocycles. The van der Waals surface area contributed by atoms with Crippen molar-refractivity contribution in [3.8, 4) is 0 Å². The van der Waals surface area contributed by atoms with E-state index in [1.165, 1.54) is 0 Å². The Morgan fingerprint density at radius 3 is 2.55 bits per heavy atom. The summed E-state index contributed by atoms with van der Waals surface area (Å²) in [6, 6.07) is 0. The minimum Gasteiger partial charge on any atom is -0.481 e. The summed E-state index contributed by atoms with van der Waals surface area (Å²) in [6.07, 6.45) is 1.91. The Kier molecular flexibility index (Phi) is 4.69. The predicted molar refractivity (Wildman–Crippen MR) is 65.2 cm³/mol. The number of hydrogen-bond acceptors (Lipinski definition) is 3. The molecule has 0 spiro atoms. The summed E-state index contributed by atoms with van der Waals surface area (Å²) in [4.78, 5) is 23.3. The third-order valence-corrected chi connectivity index (χ3v) is 3.84. The summed E-state index contributed by atoms with van der Waals surface area (Å²) < 4.78 is 28.3. The van der Waals surface area contributed by atoms with Crippen LogP contribution in [0.4, 0.5) is 8.78 Å². The van der Waals surface area contributed by atoms with Crippen LogP contribution >= 0.6 is 0 Å². The second-order valence-electron chi connectivity index (χ2n) is 5.10. The number of rotatable bonds is 7. The van der Waals surface area contributed by atoms with Crippen molar-refractivity contribution in [2.75, 3.05) is 19.8 Å². The minimum absolute atomic E-state index is 0.00945. The van der Waals surface area contributed by atoms with Crippen molar-refractivity contribution in [2.24, 2.45) is 23.7 Å². The highest BCUT2D eigenvalue weighted by molar-refractivity contribution is 5.86. The molecule has 0 aromatic carbocycles. The molecule has 0 saturated heterocycles. The van der Waals surface area contributed by atoms with Gasteiger partial charge in [-0.15, -0.1) is 0 Å². The lowest BCUT2D eigenvalue weighted by molar-refractivity contribution is -0.147. The van der Waals surface area contributed by atoms with Crippen LogP contribution in [0.2, 0.25) is 0 Å². The quantitative estimate of drug-likeness (QED) is 0.539. The molecule has 4 unspecified atom stereocenters. The van der Waals surface area contributed by atoms with E-state index in [1.807, 2.05) is 12.2 Å². The standard InChI is InChI=1S/C13H17F2NO4/c14-9(15)6-20-4-3-16-12(17)10-7-1-2-8(5-7)11(10)13(18)19/h1-2,7-11H,3-6H2,(H,16,17)(H,18,19). The molecule has 20 heavy (non-hydrogen) atoms. The molecule has 0 heterocycles. The van der Waals surface area contributed by atoms with E-state index >= 15 is 0 Å². The van der Waals surface area contributed by atoms with Crippen molar-refractivity contribution in [1.29, 1.82) is 0 Å². The Hall–Kier alpha value is -1.50. The van der Waals surface area contributed by atoms with E-state index in [0.717, 1.165) is 0 Å². The molecule has 1 fully saturated rings. The average molecular weight is 289 g/mol. The Morgan fingerprint density at radius 2 is 1.95 bits per heavy atom. The van der Waals surface area contributed by atoms with E-state index in [-0.39, 0.29) is 30.9 Å². The first-order valence-electron chi connectivity index (χ1n) is 6.55. The van der Waals surface area contributed by atoms with E-state index in [4.69, 9.17) is 0 Å². The summed E-state index contributed by atoms with van der Waals surface area (Å²) in [7, 11) is 0. The van der Waals surface area contributed by atoms with E-state index in [2.05, 4.69) is 10.1 Å². The van der Waals surface area contributed by atoms with E-state index in [0.29, 0.717) is 6.42 Å². The van der Waals surface area contributed by atoms with Gasteiger partial charge in [-0.1, -0.05) is 12.2 Å². The van der Waals surface area contributed by atoms with Gasteiger partial charge >= 0.3 is 5.97 Å². The van der Waals surface area contributed by atoms with Gasteiger partial charge in [-0.25, -0.2) is 8.78 Å². The number of ether oxygens (including phenoxy) is 1. The van der Waals surface area contributed by atoms with Crippen LogP contribution in [0.25, 0.3) is 0 Å². The van der Waals surface area contributed by atoms with Crippen molar-refractivity contribution >= 4 is 11.9 Å². The molecule has 2 rings (SSSR count). The first-order chi connectivity index (χ1) is 9.50. The van der Waals surface area contributed by atoms with Crippen molar-refractivity contribution in [1.82, 2.24) is 5.32 Å². The number of aliphatic carboxylic acids is 1. The molecule has 0 radical (unpaired) electrons. The van der Waals surface area contributed by atoms with Gasteiger partial charge in [-0.05, 0) is 18.3 Å². The lowest BCUT2D eigenvalue weighted by Gasteiger charge is -2.23. The number of allylic oxidation sites excluding steroid dienone is 2. The lowest BCUT2D eigenvalue weighted by atomic mass is 9.82. The highest BCUT2D eigenvalue weighted by Crippen LogP contribution is 2.48. The minimum atomic E-state index is -2.53. The summed E-state index contributed by atoms with van der Waals surface area (Å²) in [5, 5.41) is 11.8. The molecule has 5 nitrogen and oxygen atoms in total. The highest BCUT2D eigenvalue weighted by Gasteiger charge is 2.51. The molecule has 1 saturated carbocycles. The van der Waals surface area contributed by atoms with E-state index in [9.17, 15) is 23.5 Å². The number of hydrogen-bond donors (Lipinski definition) is 2. The van der Waals surface area contributed by atoms with Crippen LogP contribution in [0.5, 0.6) is 0 Å². The fourth-order valence-corrected chi connectivity index (χ4v) is 3.05. The van der Waals surface area contributed by atoms with Crippen molar-refractivity contribution < 1.29 is 28.2 Å². The number of carbonyl (C=O) groups excluding carboxylic acids is 1. The van der Waals surface area contributed by atoms with Gasteiger partial charge in [0.25, 0.3) is 6.43 Å². The Bertz CT molecular complexity index is 413. The number of halogens is 2. The Balaban J connectivity index is 1.80. The van der Waals surface area contributed by atoms with Crippen LogP contribution in [0.15, 0.2) is 12.2 Å². The predicted octanol–water partition coefficient (Wildman–Crippen LogP) is 0.907. The average Bonchev–Trinajstić information content (AvgIpc) is 2.97. The zero-order valence-electron chi connectivity index (χ0n) is 10.8. The van der Waals surface area contributed by atoms with Gasteiger partial charge in [0.05, 0.1) is 18.4 Å². The smallest absolute Gasteiger partial charge is 0.307 e. The molecule has 0 aromatic rings. The fraction of sp³-hybridized carbons (Fsp3) is 0.692. The highest BCUT2D eigenvalue weighted by atomic mass is 19.3. The molecule has 2 bridgehead atoms. The van der Waals surface area contributed by atoms with Gasteiger partial charge in [-0.2, -0.15) is 0 Å². The fourth-order valence-electron chi connectivity index (χ4n) is 3.05. The van der Waals surface area contributed by atoms with Gasteiger partial charge in [0, 0.05) is 6.54 Å². The first kappa shape index (κ1) is 14.9. The molecule has 2 aliphatic rings. The second kappa shape index (κ2) is 6.30. The molecule has 2 N–H and O–H groups in total. The zero-order chi connectivity index (χ0) is 14.7. The summed E-state index contributed by atoms with van der Waals surface area (Å²) in [6.45, 7) is -0.565. The number of carbonyl (C=O) groups is 2. The largest absolute Gasteiger partial charge is 0.481 e. The van der Waals surface area contributed by atoms with Crippen molar-refractivity contribution in [3.63, 3.8) is 0 Å². The number of alkyl halides is 2. The number of carboxylic acids is 1. The van der Waals surface area contributed by atoms with Crippen LogP contribution in [0, 0.1) is 23.7 Å². The second-order valence-corrected chi connectivity index (χ2v) is 5.10. The third-order valence-electron chi connectivity index (χ3n) is 3.84. The summed E-state index contributed by atoms with van der Waals surface area (Å²) in [5.41, 5.74) is 0. The lowest BCUT2D eigenvalue weighted by Crippen LogP contribution is -2.41. The van der Waals surface area contributed by atoms with E-state index < -0.39 is 30.8 Å². The number of nitrogens with one attached hydrogen (secondary N) is 1. The van der Waals surface area contributed by atoms with Gasteiger partial charge in [0.2, 0.25) is 5.91 Å². The maximum atomic E-state index is 12.0. The number of fused-ring (bicyclic) bond motifs is 2. The molecule has 0 aliphatic heterocycles. The van der Waals surface area contributed by atoms with Crippen molar-refractivity contribution in [3.05, 3.63) is 12.2 Å². The van der Waals surface area contributed by atoms with Crippen molar-refractivity contribution in [2.45, 2.75) is 12.8 Å². The number of amides is 1. The number of carboxylic acid groups (broad SMARTS) is 1. The third kappa shape index (κ3) is 3.15. The molecular weight excluding hydrogens is 272 g/mol. The molecule has 1 amide bonds. The zero-order valence-corrected chi connectivity index (χ0v) is 10.8. The maximum absolute atomic E-state index is 12.0. The SMILES string of the molecule is O=C(O)C1C2C=CC(C2)C1C(=O)NCCOCC(F)F. The molecular formula is C13H17F2NO4. The van der Waals surface area contributed by atoms with Crippen LogP contribution in [0.1, 0.15) is 6.42 Å². The first-order valence-corrected chi connectivity index (χ1v) is 6.55. The Morgan fingerprint density at radius 1 is 1.30 bits per heavy atom. The molecule has 0 aromatic heterocycles. The van der Waals surface area contributed by atoms with Crippen LogP contribution in [0.3, 0.4) is 0 Å². The van der Waals surface area contributed by atoms with Crippen LogP contribution < -0.4 is 5.32 Å². The van der Waals surface area contributed by atoms with Crippen LogP contribution in [-0.2, 0) is 14.3 Å². The maximum Gasteiger partial charge on any atom is 0.307 e. The van der Waals surface area contributed by atoms with Gasteiger partial charge in [0.15, 0.2) is 0 Å². The topological polar surface area (TPSA) is 75.6 Å². The summed E-state index contributed by atoms with van der Waals surface area (Å²) in [5.74, 6) is -2.68. The molecule has 112 valence electrons. The summed E-state index contributed by atoms with van der Waals surface area (Å²) >= 11 is 0. The monoisotopic (exact) mass is 289 g/mol. The van der Waals surface area contributed by atoms with E-state index in [1.54, 1.807) is 0 Å². The van der Waals surface area contributed by atoms with Crippen LogP contribution in [-0.4, -0.2) is 43.2 Å².